The van der Waals surface area contributed by atoms with E-state index in [0.717, 1.165) is 5.56 Å². The van der Waals surface area contributed by atoms with Gasteiger partial charge < -0.3 is 10.2 Å². The molecule has 2 N–H and O–H groups in total. The summed E-state index contributed by atoms with van der Waals surface area (Å²) in [5.41, 5.74) is -1.30. The van der Waals surface area contributed by atoms with Gasteiger partial charge in [-0.15, -0.1) is 0 Å². The number of likely N-dealkylation sites (N-methyl/N-ethyl adjacent to an activating group) is 1. The van der Waals surface area contributed by atoms with Gasteiger partial charge in [0.1, 0.15) is 5.54 Å². The molecule has 1 unspecified atom stereocenters. The molecule has 4 heteroatoms. The summed E-state index contributed by atoms with van der Waals surface area (Å²) in [5.74, 6) is -0.891. The van der Waals surface area contributed by atoms with Crippen LogP contribution in [0.15, 0.2) is 30.3 Å². The number of hydrogen-bond acceptors (Lipinski definition) is 3. The quantitative estimate of drug-likeness (QED) is 0.826. The maximum atomic E-state index is 11.3. The Bertz CT molecular complexity index is 426. The van der Waals surface area contributed by atoms with E-state index in [-0.39, 0.29) is 6.54 Å². The minimum absolute atomic E-state index is 0.271. The van der Waals surface area contributed by atoms with Gasteiger partial charge in [0.05, 0.1) is 5.60 Å². The van der Waals surface area contributed by atoms with Crippen LogP contribution in [0.1, 0.15) is 33.3 Å². The molecule has 4 nitrogen and oxygen atoms in total. The Kier molecular flexibility index (Phi) is 4.71. The van der Waals surface area contributed by atoms with Gasteiger partial charge in [-0.2, -0.15) is 0 Å². The molecule has 0 aliphatic carbocycles. The molecule has 0 bridgehead atoms. The first-order chi connectivity index (χ1) is 8.71. The predicted octanol–water partition coefficient (Wildman–Crippen LogP) is 2.08. The number of hydrogen-bond donors (Lipinski definition) is 2. The molecule has 0 aliphatic rings. The molecular formula is C15H23NO3. The highest BCUT2D eigenvalue weighted by molar-refractivity contribution is 5.77. The summed E-state index contributed by atoms with van der Waals surface area (Å²) >= 11 is 0. The zero-order chi connectivity index (χ0) is 14.7. The second-order valence-corrected chi connectivity index (χ2v) is 5.52. The Morgan fingerprint density at radius 2 is 1.74 bits per heavy atom. The van der Waals surface area contributed by atoms with Crippen LogP contribution in [-0.4, -0.2) is 39.7 Å². The van der Waals surface area contributed by atoms with Crippen LogP contribution in [0, 0.1) is 0 Å². The van der Waals surface area contributed by atoms with Gasteiger partial charge in [-0.25, -0.2) is 0 Å². The summed E-state index contributed by atoms with van der Waals surface area (Å²) < 4.78 is 0. The first-order valence-corrected chi connectivity index (χ1v) is 6.48. The lowest BCUT2D eigenvalue weighted by Gasteiger charge is -2.39. The molecule has 0 fully saturated rings. The summed E-state index contributed by atoms with van der Waals surface area (Å²) in [5, 5.41) is 19.9. The zero-order valence-electron chi connectivity index (χ0n) is 12.1. The SMILES string of the molecule is CCN(CC(C)(O)c1ccccc1)C(C)(C)C(=O)O. The van der Waals surface area contributed by atoms with Gasteiger partial charge in [0.15, 0.2) is 0 Å². The normalized spacial score (nSPS) is 15.3. The van der Waals surface area contributed by atoms with Crippen molar-refractivity contribution in [1.29, 1.82) is 0 Å². The Hall–Kier alpha value is -1.39. The molecule has 0 aromatic heterocycles. The van der Waals surface area contributed by atoms with E-state index in [9.17, 15) is 15.0 Å². The van der Waals surface area contributed by atoms with Gasteiger partial charge in [-0.1, -0.05) is 37.3 Å². The molecular weight excluding hydrogens is 242 g/mol. The number of aliphatic hydroxyl groups is 1. The monoisotopic (exact) mass is 265 g/mol. The lowest BCUT2D eigenvalue weighted by Crippen LogP contribution is -2.54. The molecule has 0 amide bonds. The largest absolute Gasteiger partial charge is 0.480 e. The highest BCUT2D eigenvalue weighted by Crippen LogP contribution is 2.25. The minimum atomic E-state index is -1.08. The molecule has 19 heavy (non-hydrogen) atoms. The molecule has 1 rings (SSSR count). The van der Waals surface area contributed by atoms with E-state index < -0.39 is 17.1 Å². The summed E-state index contributed by atoms with van der Waals surface area (Å²) in [7, 11) is 0. The topological polar surface area (TPSA) is 60.8 Å². The van der Waals surface area contributed by atoms with E-state index in [1.807, 2.05) is 37.3 Å². The fourth-order valence-corrected chi connectivity index (χ4v) is 2.10. The minimum Gasteiger partial charge on any atom is -0.480 e. The molecule has 0 saturated heterocycles. The third-order valence-corrected chi connectivity index (χ3v) is 3.59. The van der Waals surface area contributed by atoms with Crippen LogP contribution in [0.3, 0.4) is 0 Å². The predicted molar refractivity (Wildman–Crippen MR) is 75.0 cm³/mol. The van der Waals surface area contributed by atoms with Crippen LogP contribution >= 0.6 is 0 Å². The standard InChI is InChI=1S/C15H23NO3/c1-5-16(14(2,3)13(17)18)11-15(4,19)12-9-7-6-8-10-12/h6-10,19H,5,11H2,1-4H3,(H,17,18). The van der Waals surface area contributed by atoms with Gasteiger partial charge in [0.2, 0.25) is 0 Å². The lowest BCUT2D eigenvalue weighted by atomic mass is 9.92. The Morgan fingerprint density at radius 3 is 2.16 bits per heavy atom. The van der Waals surface area contributed by atoms with Crippen molar-refractivity contribution in [1.82, 2.24) is 4.90 Å². The molecule has 0 saturated carbocycles. The number of nitrogens with zero attached hydrogens (tertiary/aromatic N) is 1. The van der Waals surface area contributed by atoms with E-state index in [0.29, 0.717) is 6.54 Å². The molecule has 106 valence electrons. The van der Waals surface area contributed by atoms with Crippen molar-refractivity contribution in [2.75, 3.05) is 13.1 Å². The summed E-state index contributed by atoms with van der Waals surface area (Å²) in [6.45, 7) is 7.74. The van der Waals surface area contributed by atoms with Gasteiger partial charge in [-0.05, 0) is 32.9 Å². The molecule has 1 aromatic carbocycles. The fraction of sp³-hybridized carbons (Fsp3) is 0.533. The first kappa shape index (κ1) is 15.7. The third-order valence-electron chi connectivity index (χ3n) is 3.59. The Morgan fingerprint density at radius 1 is 1.21 bits per heavy atom. The first-order valence-electron chi connectivity index (χ1n) is 6.48. The average Bonchev–Trinajstić information content (AvgIpc) is 2.36. The van der Waals surface area contributed by atoms with E-state index in [4.69, 9.17) is 0 Å². The van der Waals surface area contributed by atoms with E-state index in [1.54, 1.807) is 25.7 Å². The van der Waals surface area contributed by atoms with E-state index in [2.05, 4.69) is 0 Å². The highest BCUT2D eigenvalue weighted by Gasteiger charge is 2.37. The summed E-state index contributed by atoms with van der Waals surface area (Å²) in [4.78, 5) is 13.1. The second kappa shape index (κ2) is 5.72. The Labute approximate surface area is 114 Å². The van der Waals surface area contributed by atoms with Crippen LogP contribution in [-0.2, 0) is 10.4 Å². The molecule has 1 aromatic rings. The van der Waals surface area contributed by atoms with Gasteiger partial charge >= 0.3 is 5.97 Å². The van der Waals surface area contributed by atoms with Crippen LogP contribution in [0.2, 0.25) is 0 Å². The van der Waals surface area contributed by atoms with Crippen molar-refractivity contribution in [3.63, 3.8) is 0 Å². The van der Waals surface area contributed by atoms with Gasteiger partial charge in [0.25, 0.3) is 0 Å². The van der Waals surface area contributed by atoms with Crippen molar-refractivity contribution >= 4 is 5.97 Å². The maximum absolute atomic E-state index is 11.3. The van der Waals surface area contributed by atoms with Crippen molar-refractivity contribution < 1.29 is 15.0 Å². The molecule has 1 atom stereocenters. The van der Waals surface area contributed by atoms with Crippen LogP contribution < -0.4 is 0 Å². The fourth-order valence-electron chi connectivity index (χ4n) is 2.10. The Balaban J connectivity index is 2.95. The van der Waals surface area contributed by atoms with Gasteiger partial charge in [-0.3, -0.25) is 9.69 Å². The number of carbonyl (C=O) groups is 1. The molecule has 0 aliphatic heterocycles. The molecule has 0 radical (unpaired) electrons. The molecule has 0 heterocycles. The smallest absolute Gasteiger partial charge is 0.323 e. The van der Waals surface area contributed by atoms with E-state index >= 15 is 0 Å². The number of benzene rings is 1. The zero-order valence-corrected chi connectivity index (χ0v) is 12.1. The van der Waals surface area contributed by atoms with Crippen LogP contribution in [0.5, 0.6) is 0 Å². The van der Waals surface area contributed by atoms with E-state index in [1.165, 1.54) is 0 Å². The third kappa shape index (κ3) is 3.55. The van der Waals surface area contributed by atoms with Gasteiger partial charge in [0, 0.05) is 6.54 Å². The highest BCUT2D eigenvalue weighted by atomic mass is 16.4. The van der Waals surface area contributed by atoms with Crippen molar-refractivity contribution in [2.24, 2.45) is 0 Å². The van der Waals surface area contributed by atoms with Crippen molar-refractivity contribution in [2.45, 2.75) is 38.8 Å². The second-order valence-electron chi connectivity index (χ2n) is 5.52. The number of aliphatic carboxylic acids is 1. The van der Waals surface area contributed by atoms with Crippen molar-refractivity contribution in [3.05, 3.63) is 35.9 Å². The van der Waals surface area contributed by atoms with Crippen LogP contribution in [0.25, 0.3) is 0 Å². The number of carboxylic acids is 1. The average molecular weight is 265 g/mol. The summed E-state index contributed by atoms with van der Waals surface area (Å²) in [6, 6.07) is 9.31. The molecule has 0 spiro atoms. The van der Waals surface area contributed by atoms with Crippen LogP contribution in [0.4, 0.5) is 0 Å². The lowest BCUT2D eigenvalue weighted by molar-refractivity contribution is -0.151. The number of carboxylic acid groups (broad SMARTS) is 1. The number of β-amino-alcohol motifs (C(OH)–C–C–N with tert-alkyl or cyclic N) is 1. The summed E-state index contributed by atoms with van der Waals surface area (Å²) in [6.07, 6.45) is 0. The number of rotatable bonds is 6. The maximum Gasteiger partial charge on any atom is 0.323 e. The van der Waals surface area contributed by atoms with Crippen molar-refractivity contribution in [3.8, 4) is 0 Å².